The average Bonchev–Trinajstić information content (AvgIpc) is 1.99. The van der Waals surface area contributed by atoms with E-state index in [0.29, 0.717) is 6.54 Å². The summed E-state index contributed by atoms with van der Waals surface area (Å²) in [4.78, 5) is 2.04. The molecule has 15 heavy (non-hydrogen) atoms. The van der Waals surface area contributed by atoms with E-state index in [1.54, 1.807) is 0 Å². The third-order valence-electron chi connectivity index (χ3n) is 2.03. The molecule has 0 aromatic heterocycles. The first kappa shape index (κ1) is 14.8. The highest BCUT2D eigenvalue weighted by Gasteiger charge is 2.07. The Balaban J connectivity index is 3.35. The van der Waals surface area contributed by atoms with E-state index in [0.717, 1.165) is 25.9 Å². The van der Waals surface area contributed by atoms with Crippen molar-refractivity contribution in [3.05, 3.63) is 0 Å². The van der Waals surface area contributed by atoms with Gasteiger partial charge in [-0.2, -0.15) is 0 Å². The van der Waals surface area contributed by atoms with Gasteiger partial charge >= 0.3 is 0 Å². The topological polar surface area (TPSA) is 35.5 Å². The van der Waals surface area contributed by atoms with E-state index in [4.69, 9.17) is 5.11 Å². The maximum Gasteiger partial charge on any atom is 0.170 e. The molecular weight excluding hydrogens is 208 g/mol. The minimum atomic E-state index is 0.0744. The quantitative estimate of drug-likeness (QED) is 0.520. The van der Waals surface area contributed by atoms with Gasteiger partial charge in [0.05, 0.1) is 6.54 Å². The molecule has 0 saturated carbocycles. The molecular formula is C11H24N2OS. The third-order valence-corrected chi connectivity index (χ3v) is 2.16. The molecule has 0 bridgehead atoms. The fraction of sp³-hybridized carbons (Fsp3) is 0.909. The Bertz CT molecular complexity index is 190. The zero-order chi connectivity index (χ0) is 11.9. The molecule has 0 spiro atoms. The highest BCUT2D eigenvalue weighted by molar-refractivity contribution is 7.80. The van der Waals surface area contributed by atoms with Crippen LogP contribution in [0.25, 0.3) is 0 Å². The van der Waals surface area contributed by atoms with Crippen molar-refractivity contribution < 1.29 is 5.11 Å². The first-order valence-corrected chi connectivity index (χ1v) is 5.87. The zero-order valence-electron chi connectivity index (χ0n) is 10.3. The van der Waals surface area contributed by atoms with Crippen molar-refractivity contribution >= 4 is 17.3 Å². The Morgan fingerprint density at radius 1 is 1.33 bits per heavy atom. The molecule has 0 aromatic rings. The number of aliphatic hydroxyl groups excluding tert-OH is 1. The van der Waals surface area contributed by atoms with Gasteiger partial charge in [0, 0.05) is 5.54 Å². The minimum Gasteiger partial charge on any atom is -0.501 e. The van der Waals surface area contributed by atoms with Crippen molar-refractivity contribution in [2.75, 3.05) is 26.7 Å². The first-order valence-electron chi connectivity index (χ1n) is 5.46. The van der Waals surface area contributed by atoms with Crippen LogP contribution in [0.4, 0.5) is 0 Å². The molecule has 0 radical (unpaired) electrons. The van der Waals surface area contributed by atoms with Crippen LogP contribution in [0.5, 0.6) is 0 Å². The Morgan fingerprint density at radius 3 is 2.40 bits per heavy atom. The van der Waals surface area contributed by atoms with E-state index >= 15 is 0 Å². The molecule has 0 aliphatic carbocycles. The SMILES string of the molecule is CN(CCCCNC(C)(C)C)CC(O)=S. The summed E-state index contributed by atoms with van der Waals surface area (Å²) in [7, 11) is 1.97. The summed E-state index contributed by atoms with van der Waals surface area (Å²) in [6, 6.07) is 0. The maximum atomic E-state index is 8.91. The van der Waals surface area contributed by atoms with Gasteiger partial charge in [-0.05, 0) is 66.0 Å². The molecule has 0 atom stereocenters. The van der Waals surface area contributed by atoms with Gasteiger partial charge in [-0.15, -0.1) is 0 Å². The summed E-state index contributed by atoms with van der Waals surface area (Å²) in [5.74, 6) is 0. The van der Waals surface area contributed by atoms with E-state index in [-0.39, 0.29) is 10.6 Å². The summed E-state index contributed by atoms with van der Waals surface area (Å²) in [6.07, 6.45) is 2.28. The number of likely N-dealkylation sites (N-methyl/N-ethyl adjacent to an activating group) is 1. The molecule has 2 N–H and O–H groups in total. The van der Waals surface area contributed by atoms with Gasteiger partial charge in [-0.1, -0.05) is 0 Å². The second-order valence-electron chi connectivity index (χ2n) is 5.02. The van der Waals surface area contributed by atoms with Crippen LogP contribution in [0.1, 0.15) is 33.6 Å². The number of aliphatic hydroxyl groups is 1. The van der Waals surface area contributed by atoms with E-state index in [1.807, 2.05) is 11.9 Å². The summed E-state index contributed by atoms with van der Waals surface area (Å²) in [5.41, 5.74) is 0.207. The van der Waals surface area contributed by atoms with E-state index < -0.39 is 0 Å². The van der Waals surface area contributed by atoms with Gasteiger partial charge in [-0.3, -0.25) is 4.90 Å². The van der Waals surface area contributed by atoms with Crippen molar-refractivity contribution in [1.29, 1.82) is 0 Å². The predicted molar refractivity (Wildman–Crippen MR) is 69.7 cm³/mol. The molecule has 0 fully saturated rings. The number of rotatable bonds is 7. The van der Waals surface area contributed by atoms with Crippen LogP contribution in [0, 0.1) is 0 Å². The van der Waals surface area contributed by atoms with E-state index in [1.165, 1.54) is 0 Å². The Kier molecular flexibility index (Phi) is 7.05. The average molecular weight is 232 g/mol. The summed E-state index contributed by atoms with van der Waals surface area (Å²) >= 11 is 4.62. The predicted octanol–water partition coefficient (Wildman–Crippen LogP) is 1.97. The minimum absolute atomic E-state index is 0.0744. The lowest BCUT2D eigenvalue weighted by atomic mass is 10.1. The van der Waals surface area contributed by atoms with Gasteiger partial charge in [-0.25, -0.2) is 0 Å². The number of nitrogens with one attached hydrogen (secondary N) is 1. The van der Waals surface area contributed by atoms with E-state index in [2.05, 4.69) is 38.3 Å². The maximum absolute atomic E-state index is 8.91. The van der Waals surface area contributed by atoms with Gasteiger partial charge < -0.3 is 10.4 Å². The first-order chi connectivity index (χ1) is 6.81. The number of unbranched alkanes of at least 4 members (excludes halogenated alkanes) is 1. The van der Waals surface area contributed by atoms with E-state index in [9.17, 15) is 0 Å². The molecule has 0 saturated heterocycles. The van der Waals surface area contributed by atoms with Crippen LogP contribution >= 0.6 is 12.2 Å². The standard InChI is InChI=1S/C11H24N2OS/c1-11(2,3)12-7-5-6-8-13(4)9-10(14)15/h12H,5-9H2,1-4H3,(H,14,15). The molecule has 0 aromatic carbocycles. The Labute approximate surface area is 98.9 Å². The molecule has 0 unspecified atom stereocenters. The highest BCUT2D eigenvalue weighted by atomic mass is 32.1. The number of hydrogen-bond donors (Lipinski definition) is 2. The normalized spacial score (nSPS) is 12.1. The molecule has 90 valence electrons. The number of nitrogens with zero attached hydrogens (tertiary/aromatic N) is 1. The molecule has 0 heterocycles. The van der Waals surface area contributed by atoms with Crippen LogP contribution in [0.2, 0.25) is 0 Å². The fourth-order valence-electron chi connectivity index (χ4n) is 1.28. The van der Waals surface area contributed by atoms with Crippen LogP contribution in [-0.4, -0.2) is 47.3 Å². The van der Waals surface area contributed by atoms with Crippen molar-refractivity contribution in [1.82, 2.24) is 10.2 Å². The molecule has 4 heteroatoms. The van der Waals surface area contributed by atoms with Gasteiger partial charge in [0.25, 0.3) is 0 Å². The monoisotopic (exact) mass is 232 g/mol. The largest absolute Gasteiger partial charge is 0.501 e. The molecule has 3 nitrogen and oxygen atoms in total. The van der Waals surface area contributed by atoms with Gasteiger partial charge in [0.1, 0.15) is 0 Å². The van der Waals surface area contributed by atoms with Crippen LogP contribution < -0.4 is 5.32 Å². The second-order valence-corrected chi connectivity index (χ2v) is 5.49. The van der Waals surface area contributed by atoms with Crippen LogP contribution in [0.15, 0.2) is 0 Å². The molecule has 0 rings (SSSR count). The van der Waals surface area contributed by atoms with Gasteiger partial charge in [0.15, 0.2) is 5.05 Å². The fourth-order valence-corrected chi connectivity index (χ4v) is 1.50. The lowest BCUT2D eigenvalue weighted by molar-refractivity contribution is 0.343. The van der Waals surface area contributed by atoms with Crippen molar-refractivity contribution in [2.45, 2.75) is 39.2 Å². The molecule has 0 aliphatic heterocycles. The number of hydrogen-bond acceptors (Lipinski definition) is 3. The van der Waals surface area contributed by atoms with Crippen LogP contribution in [0.3, 0.4) is 0 Å². The van der Waals surface area contributed by atoms with Crippen molar-refractivity contribution in [2.24, 2.45) is 0 Å². The molecule has 0 amide bonds. The highest BCUT2D eigenvalue weighted by Crippen LogP contribution is 1.99. The van der Waals surface area contributed by atoms with Crippen LogP contribution in [-0.2, 0) is 0 Å². The number of thiocarbonyl (C=S) groups is 1. The lowest BCUT2D eigenvalue weighted by Gasteiger charge is -2.21. The second kappa shape index (κ2) is 7.14. The zero-order valence-corrected chi connectivity index (χ0v) is 11.2. The summed E-state index contributed by atoms with van der Waals surface area (Å²) in [5, 5.41) is 12.4. The summed E-state index contributed by atoms with van der Waals surface area (Å²) < 4.78 is 0. The molecule has 0 aliphatic rings. The smallest absolute Gasteiger partial charge is 0.170 e. The van der Waals surface area contributed by atoms with Gasteiger partial charge in [0.2, 0.25) is 0 Å². The third kappa shape index (κ3) is 11.7. The Hall–Kier alpha value is -0.190. The lowest BCUT2D eigenvalue weighted by Crippen LogP contribution is -2.36. The van der Waals surface area contributed by atoms with Crippen molar-refractivity contribution in [3.63, 3.8) is 0 Å². The summed E-state index contributed by atoms with van der Waals surface area (Å²) in [6.45, 7) is 9.03. The van der Waals surface area contributed by atoms with Crippen molar-refractivity contribution in [3.8, 4) is 0 Å². The Morgan fingerprint density at radius 2 is 1.93 bits per heavy atom.